The van der Waals surface area contributed by atoms with E-state index in [4.69, 9.17) is 4.74 Å². The number of carbonyl (C=O) groups is 1. The fourth-order valence-electron chi connectivity index (χ4n) is 2.75. The van der Waals surface area contributed by atoms with Crippen molar-refractivity contribution >= 4 is 17.4 Å². The van der Waals surface area contributed by atoms with Gasteiger partial charge in [0.15, 0.2) is 0 Å². The van der Waals surface area contributed by atoms with Crippen LogP contribution in [-0.4, -0.2) is 49.8 Å². The molecule has 2 aromatic rings. The zero-order valence-corrected chi connectivity index (χ0v) is 14.8. The summed E-state index contributed by atoms with van der Waals surface area (Å²) in [6.07, 6.45) is 3.48. The van der Waals surface area contributed by atoms with E-state index in [1.54, 1.807) is 0 Å². The second-order valence-corrected chi connectivity index (χ2v) is 6.70. The fourth-order valence-corrected chi connectivity index (χ4v) is 3.43. The molecule has 0 unspecified atom stereocenters. The van der Waals surface area contributed by atoms with E-state index in [0.29, 0.717) is 17.3 Å². The van der Waals surface area contributed by atoms with Gasteiger partial charge >= 0.3 is 0 Å². The molecule has 1 fully saturated rings. The lowest BCUT2D eigenvalue weighted by molar-refractivity contribution is 0.0528. The predicted octanol–water partition coefficient (Wildman–Crippen LogP) is 2.27. The number of rotatable bonds is 5. The van der Waals surface area contributed by atoms with E-state index in [1.165, 1.54) is 11.5 Å². The van der Waals surface area contributed by atoms with Gasteiger partial charge in [-0.15, -0.1) is 10.2 Å². The largest absolute Gasteiger partial charge is 0.471 e. The zero-order valence-electron chi connectivity index (χ0n) is 13.9. The highest BCUT2D eigenvalue weighted by molar-refractivity contribution is 7.08. The molecule has 24 heavy (non-hydrogen) atoms. The molecule has 1 atom stereocenters. The van der Waals surface area contributed by atoms with Crippen molar-refractivity contribution in [2.45, 2.75) is 45.6 Å². The molecule has 3 heterocycles. The Hall–Kier alpha value is -2.09. The van der Waals surface area contributed by atoms with Crippen LogP contribution in [-0.2, 0) is 6.42 Å². The first-order chi connectivity index (χ1) is 11.7. The summed E-state index contributed by atoms with van der Waals surface area (Å²) in [5.74, 6) is 0.516. The monoisotopic (exact) mass is 347 g/mol. The second-order valence-electron chi connectivity index (χ2n) is 5.94. The molecule has 1 amide bonds. The van der Waals surface area contributed by atoms with Gasteiger partial charge in [-0.05, 0) is 43.8 Å². The summed E-state index contributed by atoms with van der Waals surface area (Å²) in [7, 11) is 0. The Bertz CT molecular complexity index is 688. The standard InChI is InChI=1S/C16H21N5O2S/c1-3-5-13-15(24-20-18-13)16(22)21-9-4-6-12(10-21)23-14-8-7-11(2)17-19-14/h7-8,12H,3-6,9-10H2,1-2H3/t12-/m1/s1. The minimum absolute atomic E-state index is 0.0109. The molecular formula is C16H21N5O2S. The third-order valence-corrected chi connectivity index (χ3v) is 4.72. The number of aromatic nitrogens is 4. The maximum absolute atomic E-state index is 12.8. The van der Waals surface area contributed by atoms with Crippen molar-refractivity contribution in [2.24, 2.45) is 0 Å². The van der Waals surface area contributed by atoms with Gasteiger partial charge < -0.3 is 9.64 Å². The third-order valence-electron chi connectivity index (χ3n) is 3.96. The van der Waals surface area contributed by atoms with Gasteiger partial charge in [-0.25, -0.2) is 0 Å². The number of hydrogen-bond donors (Lipinski definition) is 0. The Morgan fingerprint density at radius 3 is 3.00 bits per heavy atom. The van der Waals surface area contributed by atoms with Gasteiger partial charge in [0.2, 0.25) is 5.88 Å². The lowest BCUT2D eigenvalue weighted by Gasteiger charge is -2.32. The van der Waals surface area contributed by atoms with Crippen molar-refractivity contribution in [3.63, 3.8) is 0 Å². The van der Waals surface area contributed by atoms with Crippen LogP contribution in [0.1, 0.15) is 47.2 Å². The molecule has 1 saturated heterocycles. The average Bonchev–Trinajstić information content (AvgIpc) is 3.05. The summed E-state index contributed by atoms with van der Waals surface area (Å²) in [5, 5.41) is 12.1. The van der Waals surface area contributed by atoms with Gasteiger partial charge in [-0.3, -0.25) is 4.79 Å². The Morgan fingerprint density at radius 1 is 1.38 bits per heavy atom. The molecule has 1 aliphatic rings. The van der Waals surface area contributed by atoms with E-state index in [0.717, 1.165) is 43.6 Å². The molecule has 128 valence electrons. The summed E-state index contributed by atoms with van der Waals surface area (Å²) in [5.41, 5.74) is 1.66. The van der Waals surface area contributed by atoms with Crippen LogP contribution in [0.15, 0.2) is 12.1 Å². The molecule has 0 bridgehead atoms. The summed E-state index contributed by atoms with van der Waals surface area (Å²) in [6.45, 7) is 5.25. The predicted molar refractivity (Wildman–Crippen MR) is 90.2 cm³/mol. The molecule has 0 aliphatic carbocycles. The number of amides is 1. The maximum Gasteiger partial charge on any atom is 0.267 e. The molecule has 0 N–H and O–H groups in total. The Kier molecular flexibility index (Phi) is 5.34. The van der Waals surface area contributed by atoms with Gasteiger partial charge in [-0.1, -0.05) is 17.8 Å². The van der Waals surface area contributed by atoms with E-state index in [-0.39, 0.29) is 12.0 Å². The van der Waals surface area contributed by atoms with Crippen molar-refractivity contribution < 1.29 is 9.53 Å². The zero-order chi connectivity index (χ0) is 16.9. The number of hydrogen-bond acceptors (Lipinski definition) is 7. The minimum Gasteiger partial charge on any atom is -0.471 e. The number of likely N-dealkylation sites (tertiary alicyclic amines) is 1. The van der Waals surface area contributed by atoms with Gasteiger partial charge in [0.25, 0.3) is 5.91 Å². The Morgan fingerprint density at radius 2 is 2.25 bits per heavy atom. The number of ether oxygens (including phenoxy) is 1. The van der Waals surface area contributed by atoms with Crippen LogP contribution in [0.5, 0.6) is 5.88 Å². The van der Waals surface area contributed by atoms with E-state index < -0.39 is 0 Å². The number of piperidine rings is 1. The Balaban J connectivity index is 1.65. The van der Waals surface area contributed by atoms with E-state index in [9.17, 15) is 4.79 Å². The lowest BCUT2D eigenvalue weighted by atomic mass is 10.1. The van der Waals surface area contributed by atoms with Crippen LogP contribution in [0.3, 0.4) is 0 Å². The fraction of sp³-hybridized carbons (Fsp3) is 0.562. The molecule has 3 rings (SSSR count). The normalized spacial score (nSPS) is 17.8. The van der Waals surface area contributed by atoms with Crippen LogP contribution in [0.4, 0.5) is 0 Å². The van der Waals surface area contributed by atoms with Crippen molar-refractivity contribution in [3.05, 3.63) is 28.4 Å². The topological polar surface area (TPSA) is 81.1 Å². The summed E-state index contributed by atoms with van der Waals surface area (Å²) < 4.78 is 9.84. The number of nitrogens with zero attached hydrogens (tertiary/aromatic N) is 5. The highest BCUT2D eigenvalue weighted by atomic mass is 32.1. The molecule has 0 aromatic carbocycles. The Labute approximate surface area is 145 Å². The minimum atomic E-state index is -0.0600. The van der Waals surface area contributed by atoms with Crippen LogP contribution in [0, 0.1) is 6.92 Å². The van der Waals surface area contributed by atoms with Crippen LogP contribution < -0.4 is 4.74 Å². The third kappa shape index (κ3) is 3.87. The van der Waals surface area contributed by atoms with Crippen LogP contribution in [0.2, 0.25) is 0 Å². The van der Waals surface area contributed by atoms with Crippen molar-refractivity contribution in [2.75, 3.05) is 13.1 Å². The first-order valence-electron chi connectivity index (χ1n) is 8.25. The molecular weight excluding hydrogens is 326 g/mol. The maximum atomic E-state index is 12.8. The smallest absolute Gasteiger partial charge is 0.267 e. The molecule has 0 spiro atoms. The molecule has 7 nitrogen and oxygen atoms in total. The first kappa shape index (κ1) is 16.8. The average molecular weight is 347 g/mol. The van der Waals surface area contributed by atoms with Gasteiger partial charge in [0.1, 0.15) is 11.0 Å². The van der Waals surface area contributed by atoms with E-state index in [2.05, 4.69) is 26.7 Å². The van der Waals surface area contributed by atoms with Crippen LogP contribution in [0.25, 0.3) is 0 Å². The second kappa shape index (κ2) is 7.65. The van der Waals surface area contributed by atoms with Gasteiger partial charge in [0, 0.05) is 12.6 Å². The highest BCUT2D eigenvalue weighted by Crippen LogP contribution is 2.21. The quantitative estimate of drug-likeness (QED) is 0.825. The summed E-state index contributed by atoms with van der Waals surface area (Å²) >= 11 is 1.18. The number of aryl methyl sites for hydroxylation is 2. The summed E-state index contributed by atoms with van der Waals surface area (Å²) in [6, 6.07) is 3.68. The molecule has 8 heteroatoms. The van der Waals surface area contributed by atoms with Crippen LogP contribution >= 0.6 is 11.5 Å². The first-order valence-corrected chi connectivity index (χ1v) is 9.02. The number of carbonyl (C=O) groups excluding carboxylic acids is 1. The molecule has 2 aromatic heterocycles. The lowest BCUT2D eigenvalue weighted by Crippen LogP contribution is -2.44. The molecule has 1 aliphatic heterocycles. The van der Waals surface area contributed by atoms with Crippen molar-refractivity contribution in [1.29, 1.82) is 0 Å². The SMILES string of the molecule is CCCc1nnsc1C(=O)N1CCC[C@@H](Oc2ccc(C)nn2)C1. The summed E-state index contributed by atoms with van der Waals surface area (Å²) in [4.78, 5) is 15.3. The van der Waals surface area contributed by atoms with Crippen molar-refractivity contribution in [1.82, 2.24) is 24.7 Å². The van der Waals surface area contributed by atoms with Gasteiger partial charge in [-0.2, -0.15) is 5.10 Å². The van der Waals surface area contributed by atoms with E-state index >= 15 is 0 Å². The molecule has 0 radical (unpaired) electrons. The highest BCUT2D eigenvalue weighted by Gasteiger charge is 2.28. The van der Waals surface area contributed by atoms with Crippen molar-refractivity contribution in [3.8, 4) is 5.88 Å². The van der Waals surface area contributed by atoms with Gasteiger partial charge in [0.05, 0.1) is 17.9 Å². The molecule has 0 saturated carbocycles. The van der Waals surface area contributed by atoms with E-state index in [1.807, 2.05) is 24.0 Å².